The molecule has 0 bridgehead atoms. The van der Waals surface area contributed by atoms with Gasteiger partial charge in [-0.1, -0.05) is 35.9 Å². The van der Waals surface area contributed by atoms with Crippen molar-refractivity contribution in [3.8, 4) is 11.3 Å². The lowest BCUT2D eigenvalue weighted by Crippen LogP contribution is -2.13. The Labute approximate surface area is 151 Å². The average Bonchev–Trinajstić information content (AvgIpc) is 3.05. The number of nitrogens with one attached hydrogen (secondary N) is 1. The number of hydrogen-bond donors (Lipinski definition) is 1. The molecule has 1 amide bonds. The second kappa shape index (κ2) is 7.53. The maximum Gasteiger partial charge on any atom is 0.224 e. The van der Waals surface area contributed by atoms with Crippen molar-refractivity contribution in [2.24, 2.45) is 0 Å². The fourth-order valence-corrected chi connectivity index (χ4v) is 2.74. The lowest BCUT2D eigenvalue weighted by atomic mass is 10.1. The molecule has 0 aliphatic carbocycles. The van der Waals surface area contributed by atoms with Gasteiger partial charge in [0.25, 0.3) is 0 Å². The second-order valence-corrected chi connectivity index (χ2v) is 6.37. The van der Waals surface area contributed by atoms with Crippen LogP contribution in [0.15, 0.2) is 53.1 Å². The molecule has 5 heteroatoms. The van der Waals surface area contributed by atoms with Gasteiger partial charge in [0.05, 0.1) is 11.2 Å². The number of amides is 1. The van der Waals surface area contributed by atoms with Crippen molar-refractivity contribution in [1.29, 1.82) is 0 Å². The Hall–Kier alpha value is -2.59. The third-order valence-corrected chi connectivity index (χ3v) is 4.26. The van der Waals surface area contributed by atoms with Crippen LogP contribution in [0.25, 0.3) is 11.3 Å². The van der Waals surface area contributed by atoms with Crippen molar-refractivity contribution in [2.75, 3.05) is 5.32 Å². The van der Waals surface area contributed by atoms with Crippen LogP contribution in [0.5, 0.6) is 0 Å². The van der Waals surface area contributed by atoms with Crippen molar-refractivity contribution >= 4 is 23.2 Å². The first-order valence-corrected chi connectivity index (χ1v) is 8.47. The number of rotatable bonds is 5. The third-order valence-electron chi connectivity index (χ3n) is 3.93. The largest absolute Gasteiger partial charge is 0.441 e. The van der Waals surface area contributed by atoms with E-state index in [4.69, 9.17) is 16.0 Å². The van der Waals surface area contributed by atoms with Gasteiger partial charge in [0.2, 0.25) is 5.91 Å². The van der Waals surface area contributed by atoms with E-state index in [1.165, 1.54) is 0 Å². The smallest absolute Gasteiger partial charge is 0.224 e. The summed E-state index contributed by atoms with van der Waals surface area (Å²) in [6, 6.07) is 13.4. The van der Waals surface area contributed by atoms with Crippen LogP contribution >= 0.6 is 11.6 Å². The number of oxazole rings is 1. The number of halogens is 1. The van der Waals surface area contributed by atoms with Crippen molar-refractivity contribution in [1.82, 2.24) is 4.98 Å². The predicted molar refractivity (Wildman–Crippen MR) is 99.8 cm³/mol. The number of anilines is 1. The van der Waals surface area contributed by atoms with E-state index in [0.29, 0.717) is 29.5 Å². The van der Waals surface area contributed by atoms with Crippen LogP contribution in [0.1, 0.15) is 23.4 Å². The van der Waals surface area contributed by atoms with E-state index >= 15 is 0 Å². The lowest BCUT2D eigenvalue weighted by molar-refractivity contribution is -0.116. The summed E-state index contributed by atoms with van der Waals surface area (Å²) in [4.78, 5) is 16.4. The topological polar surface area (TPSA) is 55.1 Å². The molecule has 25 heavy (non-hydrogen) atoms. The van der Waals surface area contributed by atoms with E-state index in [9.17, 15) is 4.79 Å². The number of carbonyl (C=O) groups is 1. The van der Waals surface area contributed by atoms with Crippen molar-refractivity contribution in [3.63, 3.8) is 0 Å². The molecule has 0 aliphatic heterocycles. The summed E-state index contributed by atoms with van der Waals surface area (Å²) in [5.41, 5.74) is 3.78. The molecule has 4 nitrogen and oxygen atoms in total. The first kappa shape index (κ1) is 17.2. The molecule has 2 aromatic carbocycles. The Bertz CT molecular complexity index is 902. The highest BCUT2D eigenvalue weighted by Crippen LogP contribution is 2.28. The Morgan fingerprint density at radius 1 is 1.20 bits per heavy atom. The van der Waals surface area contributed by atoms with E-state index in [2.05, 4.69) is 10.3 Å². The molecule has 0 fully saturated rings. The molecule has 0 spiro atoms. The Morgan fingerprint density at radius 2 is 2.00 bits per heavy atom. The fourth-order valence-electron chi connectivity index (χ4n) is 2.52. The van der Waals surface area contributed by atoms with E-state index in [1.807, 2.05) is 50.2 Å². The zero-order chi connectivity index (χ0) is 17.8. The minimum Gasteiger partial charge on any atom is -0.441 e. The van der Waals surface area contributed by atoms with Crippen molar-refractivity contribution in [3.05, 3.63) is 70.7 Å². The number of aromatic nitrogens is 1. The molecule has 0 unspecified atom stereocenters. The van der Waals surface area contributed by atoms with Gasteiger partial charge in [0.1, 0.15) is 0 Å². The Balaban J connectivity index is 1.61. The summed E-state index contributed by atoms with van der Waals surface area (Å²) in [6.45, 7) is 3.97. The second-order valence-electron chi connectivity index (χ2n) is 5.96. The van der Waals surface area contributed by atoms with Crippen LogP contribution in [0, 0.1) is 13.8 Å². The molecule has 1 N–H and O–H groups in total. The van der Waals surface area contributed by atoms with Crippen LogP contribution in [-0.2, 0) is 11.2 Å². The summed E-state index contributed by atoms with van der Waals surface area (Å²) in [5, 5.41) is 3.55. The molecular formula is C20H19ClN2O2. The number of hydrogen-bond acceptors (Lipinski definition) is 3. The summed E-state index contributed by atoms with van der Waals surface area (Å²) in [6.07, 6.45) is 2.37. The number of carbonyl (C=O) groups excluding carboxylic acids is 1. The number of benzene rings is 2. The molecular weight excluding hydrogens is 336 g/mol. The molecule has 3 aromatic rings. The van der Waals surface area contributed by atoms with Gasteiger partial charge in [-0.3, -0.25) is 4.79 Å². The number of aryl methyl sites for hydroxylation is 3. The van der Waals surface area contributed by atoms with Crippen LogP contribution in [0.4, 0.5) is 5.69 Å². The van der Waals surface area contributed by atoms with Crippen LogP contribution in [-0.4, -0.2) is 10.9 Å². The first-order chi connectivity index (χ1) is 12.0. The predicted octanol–water partition coefficient (Wildman–Crippen LogP) is 5.18. The molecule has 0 atom stereocenters. The molecule has 1 aromatic heterocycles. The minimum atomic E-state index is -0.0637. The zero-order valence-electron chi connectivity index (χ0n) is 14.2. The molecule has 128 valence electrons. The van der Waals surface area contributed by atoms with E-state index in [-0.39, 0.29) is 5.91 Å². The van der Waals surface area contributed by atoms with E-state index < -0.39 is 0 Å². The summed E-state index contributed by atoms with van der Waals surface area (Å²) >= 11 is 6.16. The highest BCUT2D eigenvalue weighted by molar-refractivity contribution is 6.33. The summed E-state index contributed by atoms with van der Waals surface area (Å²) < 4.78 is 5.72. The SMILES string of the molecule is Cc1ccc(C)c(NC(=O)CCc2ncc(-c3ccccc3Cl)o2)c1. The van der Waals surface area contributed by atoms with Crippen LogP contribution < -0.4 is 5.32 Å². The molecule has 0 radical (unpaired) electrons. The molecule has 1 heterocycles. The standard InChI is InChI=1S/C20H19ClN2O2/c1-13-7-8-14(2)17(11-13)23-19(24)9-10-20-22-12-18(25-20)15-5-3-4-6-16(15)21/h3-8,11-12H,9-10H2,1-2H3,(H,23,24). The highest BCUT2D eigenvalue weighted by Gasteiger charge is 2.11. The van der Waals surface area contributed by atoms with Gasteiger partial charge in [-0.2, -0.15) is 0 Å². The Kier molecular flexibility index (Phi) is 5.19. The maximum atomic E-state index is 12.2. The van der Waals surface area contributed by atoms with Gasteiger partial charge in [-0.05, 0) is 43.2 Å². The van der Waals surface area contributed by atoms with E-state index in [1.54, 1.807) is 12.3 Å². The lowest BCUT2D eigenvalue weighted by Gasteiger charge is -2.08. The van der Waals surface area contributed by atoms with Gasteiger partial charge >= 0.3 is 0 Å². The van der Waals surface area contributed by atoms with Crippen molar-refractivity contribution in [2.45, 2.75) is 26.7 Å². The summed E-state index contributed by atoms with van der Waals surface area (Å²) in [5.74, 6) is 1.06. The van der Waals surface area contributed by atoms with Crippen LogP contribution in [0.3, 0.4) is 0 Å². The Morgan fingerprint density at radius 3 is 2.80 bits per heavy atom. The highest BCUT2D eigenvalue weighted by atomic mass is 35.5. The van der Waals surface area contributed by atoms with Gasteiger partial charge in [-0.15, -0.1) is 0 Å². The van der Waals surface area contributed by atoms with Gasteiger partial charge in [0.15, 0.2) is 11.7 Å². The van der Waals surface area contributed by atoms with Gasteiger partial charge in [0, 0.05) is 24.1 Å². The molecule has 3 rings (SSSR count). The zero-order valence-corrected chi connectivity index (χ0v) is 14.9. The van der Waals surface area contributed by atoms with Gasteiger partial charge < -0.3 is 9.73 Å². The number of nitrogens with zero attached hydrogens (tertiary/aromatic N) is 1. The molecule has 0 saturated carbocycles. The first-order valence-electron chi connectivity index (χ1n) is 8.09. The van der Waals surface area contributed by atoms with E-state index in [0.717, 1.165) is 22.4 Å². The minimum absolute atomic E-state index is 0.0637. The van der Waals surface area contributed by atoms with Gasteiger partial charge in [-0.25, -0.2) is 4.98 Å². The maximum absolute atomic E-state index is 12.2. The quantitative estimate of drug-likeness (QED) is 0.686. The third kappa shape index (κ3) is 4.28. The molecule has 0 aliphatic rings. The molecule has 0 saturated heterocycles. The average molecular weight is 355 g/mol. The van der Waals surface area contributed by atoms with Crippen LogP contribution in [0.2, 0.25) is 5.02 Å². The summed E-state index contributed by atoms with van der Waals surface area (Å²) in [7, 11) is 0. The van der Waals surface area contributed by atoms with Crippen molar-refractivity contribution < 1.29 is 9.21 Å². The normalized spacial score (nSPS) is 10.7. The monoisotopic (exact) mass is 354 g/mol. The fraction of sp³-hybridized carbons (Fsp3) is 0.200.